The number of para-hydroxylation sites is 1. The molecule has 4 heteroatoms. The first-order chi connectivity index (χ1) is 6.75. The number of carbonyl (C=O) groups is 1. The molecule has 0 aromatic heterocycles. The van der Waals surface area contributed by atoms with Gasteiger partial charge in [0.2, 0.25) is 0 Å². The first kappa shape index (κ1) is 11.3. The summed E-state index contributed by atoms with van der Waals surface area (Å²) in [5.74, 6) is 0. The number of urea groups is 1. The molecule has 0 heterocycles. The van der Waals surface area contributed by atoms with Gasteiger partial charge in [0.1, 0.15) is 0 Å². The molecule has 0 saturated carbocycles. The average molecular weight is 304 g/mol. The second-order valence-corrected chi connectivity index (χ2v) is 3.95. The van der Waals surface area contributed by atoms with Gasteiger partial charge in [-0.1, -0.05) is 40.8 Å². The van der Waals surface area contributed by atoms with Gasteiger partial charge in [-0.05, 0) is 18.6 Å². The Balaban J connectivity index is 2.73. The minimum absolute atomic E-state index is 0.388. The van der Waals surface area contributed by atoms with Crippen LogP contribution in [0.1, 0.15) is 6.42 Å². The van der Waals surface area contributed by atoms with E-state index in [-0.39, 0.29) is 6.03 Å². The molecule has 2 amide bonds. The number of nitrogens with zero attached hydrogens (tertiary/aromatic N) is 1. The Morgan fingerprint density at radius 1 is 1.36 bits per heavy atom. The number of halogens is 1. The van der Waals surface area contributed by atoms with E-state index in [0.717, 1.165) is 16.5 Å². The lowest BCUT2D eigenvalue weighted by atomic mass is 10.3. The van der Waals surface area contributed by atoms with Crippen molar-refractivity contribution in [1.82, 2.24) is 0 Å². The van der Waals surface area contributed by atoms with Crippen molar-refractivity contribution in [2.45, 2.75) is 6.42 Å². The van der Waals surface area contributed by atoms with E-state index in [9.17, 15) is 4.79 Å². The van der Waals surface area contributed by atoms with Crippen LogP contribution in [0.5, 0.6) is 0 Å². The fourth-order valence-electron chi connectivity index (χ4n) is 1.19. The Morgan fingerprint density at radius 3 is 2.50 bits per heavy atom. The molecule has 2 N–H and O–H groups in total. The van der Waals surface area contributed by atoms with Gasteiger partial charge in [-0.3, -0.25) is 4.90 Å². The maximum Gasteiger partial charge on any atom is 0.319 e. The molecule has 0 fully saturated rings. The van der Waals surface area contributed by atoms with Gasteiger partial charge in [0.15, 0.2) is 0 Å². The van der Waals surface area contributed by atoms with Crippen molar-refractivity contribution >= 4 is 34.3 Å². The van der Waals surface area contributed by atoms with Crippen LogP contribution in [0, 0.1) is 0 Å². The van der Waals surface area contributed by atoms with E-state index in [1.54, 1.807) is 4.90 Å². The predicted molar refractivity (Wildman–Crippen MR) is 66.9 cm³/mol. The SMILES string of the molecule is NC(=O)N(CCCI)c1ccccc1. The maximum atomic E-state index is 11.2. The molecule has 0 atom stereocenters. The summed E-state index contributed by atoms with van der Waals surface area (Å²) in [7, 11) is 0. The molecule has 0 spiro atoms. The van der Waals surface area contributed by atoms with E-state index in [0.29, 0.717) is 6.54 Å². The maximum absolute atomic E-state index is 11.2. The number of hydrogen-bond acceptors (Lipinski definition) is 1. The van der Waals surface area contributed by atoms with Crippen LogP contribution < -0.4 is 10.6 Å². The van der Waals surface area contributed by atoms with Crippen LogP contribution in [0.2, 0.25) is 0 Å². The summed E-state index contributed by atoms with van der Waals surface area (Å²) in [6.45, 7) is 0.683. The Labute approximate surface area is 97.4 Å². The number of anilines is 1. The van der Waals surface area contributed by atoms with Crippen LogP contribution in [0.25, 0.3) is 0 Å². The lowest BCUT2D eigenvalue weighted by Gasteiger charge is -2.19. The quantitative estimate of drug-likeness (QED) is 0.674. The van der Waals surface area contributed by atoms with E-state index in [2.05, 4.69) is 22.6 Å². The smallest absolute Gasteiger partial charge is 0.319 e. The summed E-state index contributed by atoms with van der Waals surface area (Å²) in [5, 5.41) is 0. The third-order valence-electron chi connectivity index (χ3n) is 1.85. The molecule has 3 nitrogen and oxygen atoms in total. The highest BCUT2D eigenvalue weighted by Gasteiger charge is 2.10. The fraction of sp³-hybridized carbons (Fsp3) is 0.300. The average Bonchev–Trinajstić information content (AvgIpc) is 2.19. The normalized spacial score (nSPS) is 9.79. The molecule has 76 valence electrons. The molecule has 0 aliphatic heterocycles. The molecule has 0 unspecified atom stereocenters. The molecule has 0 bridgehead atoms. The zero-order valence-corrected chi connectivity index (χ0v) is 9.98. The van der Waals surface area contributed by atoms with Gasteiger partial charge < -0.3 is 5.73 Å². The van der Waals surface area contributed by atoms with Crippen LogP contribution in [0.3, 0.4) is 0 Å². The molecule has 0 aliphatic carbocycles. The number of carbonyl (C=O) groups excluding carboxylic acids is 1. The van der Waals surface area contributed by atoms with Crippen LogP contribution in [0.15, 0.2) is 30.3 Å². The van der Waals surface area contributed by atoms with Gasteiger partial charge >= 0.3 is 6.03 Å². The lowest BCUT2D eigenvalue weighted by Crippen LogP contribution is -2.36. The molecule has 0 radical (unpaired) electrons. The predicted octanol–water partition coefficient (Wildman–Crippen LogP) is 2.40. The van der Waals surface area contributed by atoms with Gasteiger partial charge in [0, 0.05) is 16.7 Å². The molecule has 1 aromatic rings. The Hall–Kier alpha value is -0.780. The van der Waals surface area contributed by atoms with Crippen LogP contribution in [0.4, 0.5) is 10.5 Å². The van der Waals surface area contributed by atoms with Gasteiger partial charge in [-0.2, -0.15) is 0 Å². The topological polar surface area (TPSA) is 46.3 Å². The van der Waals surface area contributed by atoms with E-state index in [1.165, 1.54) is 0 Å². The lowest BCUT2D eigenvalue weighted by molar-refractivity contribution is 0.254. The molecule has 0 aliphatic rings. The summed E-state index contributed by atoms with van der Waals surface area (Å²) >= 11 is 2.28. The summed E-state index contributed by atoms with van der Waals surface area (Å²) in [6, 6.07) is 9.10. The number of nitrogens with two attached hydrogens (primary N) is 1. The minimum Gasteiger partial charge on any atom is -0.351 e. The van der Waals surface area contributed by atoms with Crippen LogP contribution in [-0.2, 0) is 0 Å². The van der Waals surface area contributed by atoms with Crippen LogP contribution >= 0.6 is 22.6 Å². The van der Waals surface area contributed by atoms with Gasteiger partial charge in [-0.15, -0.1) is 0 Å². The van der Waals surface area contributed by atoms with Crippen LogP contribution in [-0.4, -0.2) is 17.0 Å². The number of amides is 2. The second-order valence-electron chi connectivity index (χ2n) is 2.87. The third kappa shape index (κ3) is 3.17. The standard InChI is InChI=1S/C10H13IN2O/c11-7-4-8-13(10(12)14)9-5-2-1-3-6-9/h1-3,5-6H,4,7-8H2,(H2,12,14). The number of primary amides is 1. The molecule has 14 heavy (non-hydrogen) atoms. The molecule has 0 saturated heterocycles. The Kier molecular flexibility index (Phi) is 4.72. The highest BCUT2D eigenvalue weighted by Crippen LogP contribution is 2.13. The van der Waals surface area contributed by atoms with E-state index >= 15 is 0 Å². The highest BCUT2D eigenvalue weighted by molar-refractivity contribution is 14.1. The van der Waals surface area contributed by atoms with Crippen molar-refractivity contribution in [1.29, 1.82) is 0 Å². The largest absolute Gasteiger partial charge is 0.351 e. The zero-order chi connectivity index (χ0) is 10.4. The van der Waals surface area contributed by atoms with E-state index < -0.39 is 0 Å². The first-order valence-electron chi connectivity index (χ1n) is 4.43. The number of hydrogen-bond donors (Lipinski definition) is 1. The highest BCUT2D eigenvalue weighted by atomic mass is 127. The summed E-state index contributed by atoms with van der Waals surface area (Å²) in [4.78, 5) is 12.7. The molecule has 1 aromatic carbocycles. The first-order valence-corrected chi connectivity index (χ1v) is 5.96. The summed E-state index contributed by atoms with van der Waals surface area (Å²) < 4.78 is 1.02. The number of benzene rings is 1. The molecular formula is C10H13IN2O. The third-order valence-corrected chi connectivity index (χ3v) is 2.61. The Morgan fingerprint density at radius 2 is 2.00 bits per heavy atom. The fourth-order valence-corrected chi connectivity index (χ4v) is 1.53. The second kappa shape index (κ2) is 5.85. The van der Waals surface area contributed by atoms with Gasteiger partial charge in [0.05, 0.1) is 0 Å². The van der Waals surface area contributed by atoms with E-state index in [4.69, 9.17) is 5.73 Å². The van der Waals surface area contributed by atoms with Crippen molar-refractivity contribution in [3.63, 3.8) is 0 Å². The van der Waals surface area contributed by atoms with Gasteiger partial charge in [-0.25, -0.2) is 4.79 Å². The number of rotatable bonds is 4. The molecular weight excluding hydrogens is 291 g/mol. The van der Waals surface area contributed by atoms with Crippen molar-refractivity contribution in [3.8, 4) is 0 Å². The van der Waals surface area contributed by atoms with Gasteiger partial charge in [0.25, 0.3) is 0 Å². The Bertz CT molecular complexity index is 289. The zero-order valence-electron chi connectivity index (χ0n) is 7.82. The summed E-state index contributed by atoms with van der Waals surface area (Å²) in [6.07, 6.45) is 0.957. The number of alkyl halides is 1. The van der Waals surface area contributed by atoms with E-state index in [1.807, 2.05) is 30.3 Å². The molecule has 1 rings (SSSR count). The monoisotopic (exact) mass is 304 g/mol. The van der Waals surface area contributed by atoms with Crippen molar-refractivity contribution in [3.05, 3.63) is 30.3 Å². The summed E-state index contributed by atoms with van der Waals surface area (Å²) in [5.41, 5.74) is 6.16. The minimum atomic E-state index is -0.388. The van der Waals surface area contributed by atoms with Crippen molar-refractivity contribution < 1.29 is 4.79 Å². The van der Waals surface area contributed by atoms with Crippen molar-refractivity contribution in [2.24, 2.45) is 5.73 Å². The van der Waals surface area contributed by atoms with Crippen molar-refractivity contribution in [2.75, 3.05) is 15.9 Å².